The summed E-state index contributed by atoms with van der Waals surface area (Å²) in [6.07, 6.45) is -5.19. The van der Waals surface area contributed by atoms with Gasteiger partial charge in [0.05, 0.1) is 19.8 Å². The minimum absolute atomic E-state index is 0.0409. The topological polar surface area (TPSA) is 78.9 Å². The van der Waals surface area contributed by atoms with Gasteiger partial charge in [-0.25, -0.2) is 0 Å². The number of likely N-dealkylation sites (tertiary alicyclic amines) is 1. The van der Waals surface area contributed by atoms with Crippen LogP contribution >= 0.6 is 0 Å². The number of hydrogen-bond acceptors (Lipinski definition) is 5. The molecule has 1 aliphatic heterocycles. The van der Waals surface area contributed by atoms with Crippen molar-refractivity contribution in [2.45, 2.75) is 24.7 Å². The summed E-state index contributed by atoms with van der Waals surface area (Å²) >= 11 is 0. The maximum Gasteiger partial charge on any atom is 0.405 e. The predicted octanol–water partition coefficient (Wildman–Crippen LogP) is -0.727. The van der Waals surface area contributed by atoms with Gasteiger partial charge in [0.1, 0.15) is 12.6 Å². The van der Waals surface area contributed by atoms with Gasteiger partial charge in [-0.05, 0) is 0 Å². The molecule has 6 nitrogen and oxygen atoms in total. The normalized spacial score (nSPS) is 24.3. The lowest BCUT2D eigenvalue weighted by molar-refractivity contribution is -0.147. The van der Waals surface area contributed by atoms with Crippen LogP contribution in [0.4, 0.5) is 13.2 Å². The number of carbonyl (C=O) groups is 2. The number of nitrogens with zero attached hydrogens (tertiary/aromatic N) is 1. The quantitative estimate of drug-likeness (QED) is 0.666. The molecule has 1 fully saturated rings. The molecule has 1 heterocycles. The van der Waals surface area contributed by atoms with Crippen molar-refractivity contribution >= 4 is 11.9 Å². The molecule has 2 atom stereocenters. The van der Waals surface area contributed by atoms with E-state index in [1.807, 2.05) is 0 Å². The molecule has 110 valence electrons. The smallest absolute Gasteiger partial charge is 0.405 e. The van der Waals surface area contributed by atoms with E-state index in [-0.39, 0.29) is 13.0 Å². The van der Waals surface area contributed by atoms with Gasteiger partial charge >= 0.3 is 12.1 Å². The molecule has 0 aromatic carbocycles. The number of ether oxygens (including phenoxy) is 1. The first-order chi connectivity index (χ1) is 8.73. The third kappa shape index (κ3) is 5.03. The van der Waals surface area contributed by atoms with Gasteiger partial charge in [0.25, 0.3) is 0 Å². The number of esters is 1. The molecule has 0 spiro atoms. The minimum Gasteiger partial charge on any atom is -0.468 e. The van der Waals surface area contributed by atoms with Crippen molar-refractivity contribution in [1.29, 1.82) is 0 Å². The number of alkyl halides is 3. The van der Waals surface area contributed by atoms with Gasteiger partial charge in [0.2, 0.25) is 5.91 Å². The molecule has 1 saturated heterocycles. The predicted molar refractivity (Wildman–Crippen MR) is 57.1 cm³/mol. The second-order valence-electron chi connectivity index (χ2n) is 4.25. The number of nitrogens with one attached hydrogen (secondary N) is 1. The highest BCUT2D eigenvalue weighted by Crippen LogP contribution is 2.18. The van der Waals surface area contributed by atoms with Gasteiger partial charge in [-0.15, -0.1) is 0 Å². The van der Waals surface area contributed by atoms with Crippen molar-refractivity contribution < 1.29 is 32.6 Å². The Morgan fingerprint density at radius 1 is 1.47 bits per heavy atom. The molecule has 2 N–H and O–H groups in total. The van der Waals surface area contributed by atoms with E-state index >= 15 is 0 Å². The first kappa shape index (κ1) is 15.7. The lowest BCUT2D eigenvalue weighted by Gasteiger charge is -2.21. The van der Waals surface area contributed by atoms with E-state index in [0.29, 0.717) is 0 Å². The summed E-state index contributed by atoms with van der Waals surface area (Å²) < 4.78 is 40.2. The second-order valence-corrected chi connectivity index (χ2v) is 4.25. The van der Waals surface area contributed by atoms with E-state index in [1.54, 1.807) is 5.32 Å². The van der Waals surface area contributed by atoms with Crippen LogP contribution in [-0.4, -0.2) is 66.9 Å². The number of amides is 1. The van der Waals surface area contributed by atoms with Gasteiger partial charge in [-0.2, -0.15) is 13.2 Å². The van der Waals surface area contributed by atoms with Crippen LogP contribution in [0.5, 0.6) is 0 Å². The summed E-state index contributed by atoms with van der Waals surface area (Å²) in [7, 11) is 1.16. The number of halogens is 3. The molecule has 1 amide bonds. The largest absolute Gasteiger partial charge is 0.468 e. The third-order valence-electron chi connectivity index (χ3n) is 2.69. The number of rotatable bonds is 4. The van der Waals surface area contributed by atoms with Crippen molar-refractivity contribution in [3.63, 3.8) is 0 Å². The van der Waals surface area contributed by atoms with Crippen LogP contribution in [0.3, 0.4) is 0 Å². The summed E-state index contributed by atoms with van der Waals surface area (Å²) in [6.45, 7) is -1.78. The molecule has 0 bridgehead atoms. The molecule has 2 unspecified atom stereocenters. The van der Waals surface area contributed by atoms with Crippen molar-refractivity contribution in [2.75, 3.05) is 26.7 Å². The average molecular weight is 284 g/mol. The van der Waals surface area contributed by atoms with E-state index < -0.39 is 43.3 Å². The van der Waals surface area contributed by atoms with Crippen LogP contribution in [0.1, 0.15) is 6.42 Å². The zero-order chi connectivity index (χ0) is 14.6. The Labute approximate surface area is 107 Å². The number of hydrogen-bond donors (Lipinski definition) is 2. The Hall–Kier alpha value is -1.35. The molecule has 0 aromatic heterocycles. The number of methoxy groups -OCH3 is 1. The third-order valence-corrected chi connectivity index (χ3v) is 2.69. The zero-order valence-corrected chi connectivity index (χ0v) is 10.2. The fourth-order valence-corrected chi connectivity index (χ4v) is 1.87. The summed E-state index contributed by atoms with van der Waals surface area (Å²) in [5.41, 5.74) is 0. The molecule has 1 rings (SSSR count). The van der Waals surface area contributed by atoms with E-state index in [9.17, 15) is 27.9 Å². The molecule has 0 radical (unpaired) electrons. The SMILES string of the molecule is COC(=O)C1CC(O)CN1CC(=O)NCC(F)(F)F. The lowest BCUT2D eigenvalue weighted by atomic mass is 10.2. The van der Waals surface area contributed by atoms with Crippen molar-refractivity contribution in [1.82, 2.24) is 10.2 Å². The van der Waals surface area contributed by atoms with E-state index in [2.05, 4.69) is 4.74 Å². The summed E-state index contributed by atoms with van der Waals surface area (Å²) in [5, 5.41) is 11.1. The Morgan fingerprint density at radius 3 is 2.63 bits per heavy atom. The molecular formula is C10H15F3N2O4. The highest BCUT2D eigenvalue weighted by molar-refractivity contribution is 5.80. The molecule has 1 aliphatic rings. The van der Waals surface area contributed by atoms with E-state index in [4.69, 9.17) is 0 Å². The summed E-state index contributed by atoms with van der Waals surface area (Å²) in [5.74, 6) is -1.49. The van der Waals surface area contributed by atoms with Crippen LogP contribution < -0.4 is 5.32 Å². The Balaban J connectivity index is 2.50. The number of aliphatic hydroxyl groups is 1. The van der Waals surface area contributed by atoms with Gasteiger partial charge in [0.15, 0.2) is 0 Å². The first-order valence-corrected chi connectivity index (χ1v) is 5.56. The fraction of sp³-hybridized carbons (Fsp3) is 0.800. The maximum absolute atomic E-state index is 11.9. The fourth-order valence-electron chi connectivity index (χ4n) is 1.87. The van der Waals surface area contributed by atoms with Crippen LogP contribution in [0.2, 0.25) is 0 Å². The van der Waals surface area contributed by atoms with Crippen LogP contribution in [-0.2, 0) is 14.3 Å². The molecule has 0 saturated carbocycles. The lowest BCUT2D eigenvalue weighted by Crippen LogP contribution is -2.45. The first-order valence-electron chi connectivity index (χ1n) is 5.56. The molecule has 19 heavy (non-hydrogen) atoms. The van der Waals surface area contributed by atoms with Crippen molar-refractivity contribution in [3.8, 4) is 0 Å². The van der Waals surface area contributed by atoms with Crippen LogP contribution in [0, 0.1) is 0 Å². The second kappa shape index (κ2) is 6.20. The monoisotopic (exact) mass is 284 g/mol. The maximum atomic E-state index is 11.9. The van der Waals surface area contributed by atoms with Gasteiger partial charge in [-0.3, -0.25) is 14.5 Å². The standard InChI is InChI=1S/C10H15F3N2O4/c1-19-9(18)7-2-6(16)3-15(7)4-8(17)14-5-10(11,12)13/h6-7,16H,2-5H2,1H3,(H,14,17). The van der Waals surface area contributed by atoms with Crippen LogP contribution in [0.25, 0.3) is 0 Å². The van der Waals surface area contributed by atoms with Crippen molar-refractivity contribution in [2.24, 2.45) is 0 Å². The van der Waals surface area contributed by atoms with Crippen molar-refractivity contribution in [3.05, 3.63) is 0 Å². The highest BCUT2D eigenvalue weighted by Gasteiger charge is 2.38. The molecule has 0 aliphatic carbocycles. The molecular weight excluding hydrogens is 269 g/mol. The van der Waals surface area contributed by atoms with Crippen LogP contribution in [0.15, 0.2) is 0 Å². The Morgan fingerprint density at radius 2 is 2.11 bits per heavy atom. The van der Waals surface area contributed by atoms with Gasteiger partial charge < -0.3 is 15.2 Å². The van der Waals surface area contributed by atoms with Gasteiger partial charge in [0, 0.05) is 13.0 Å². The average Bonchev–Trinajstić information content (AvgIpc) is 2.65. The Bertz CT molecular complexity index is 348. The van der Waals surface area contributed by atoms with Gasteiger partial charge in [-0.1, -0.05) is 0 Å². The van der Waals surface area contributed by atoms with E-state index in [0.717, 1.165) is 7.11 Å². The van der Waals surface area contributed by atoms with E-state index in [1.165, 1.54) is 4.90 Å². The Kier molecular flexibility index (Phi) is 5.12. The zero-order valence-electron chi connectivity index (χ0n) is 10.2. The molecule has 0 aromatic rings. The highest BCUT2D eigenvalue weighted by atomic mass is 19.4. The summed E-state index contributed by atoms with van der Waals surface area (Å²) in [6, 6.07) is -0.809. The summed E-state index contributed by atoms with van der Waals surface area (Å²) in [4.78, 5) is 24.0. The number of aliphatic hydroxyl groups excluding tert-OH is 1. The number of β-amino-alcohol motifs (C(OH)–C–C–N with tert-alkyl or cyclic N) is 1. The molecule has 9 heteroatoms. The minimum atomic E-state index is -4.48. The number of carbonyl (C=O) groups excluding carboxylic acids is 2.